The predicted octanol–water partition coefficient (Wildman–Crippen LogP) is 13.3. The minimum atomic E-state index is -4.07. The summed E-state index contributed by atoms with van der Waals surface area (Å²) in [6, 6.07) is 35.1. The molecule has 86 heavy (non-hydrogen) atoms. The quantitative estimate of drug-likeness (QED) is 0.0651. The molecule has 16 nitrogen and oxygen atoms in total. The van der Waals surface area contributed by atoms with E-state index in [1.807, 2.05) is 0 Å². The Kier molecular flexibility index (Phi) is 22.7. The van der Waals surface area contributed by atoms with Crippen molar-refractivity contribution in [1.82, 2.24) is 9.80 Å². The van der Waals surface area contributed by atoms with E-state index in [2.05, 4.69) is 0 Å². The summed E-state index contributed by atoms with van der Waals surface area (Å²) in [6.45, 7) is 9.00. The van der Waals surface area contributed by atoms with Gasteiger partial charge in [-0.3, -0.25) is 27.8 Å². The van der Waals surface area contributed by atoms with Crippen LogP contribution in [0.1, 0.15) is 114 Å². The maximum Gasteiger partial charge on any atom is 0.306 e. The van der Waals surface area contributed by atoms with Gasteiger partial charge in [-0.2, -0.15) is 0 Å². The summed E-state index contributed by atoms with van der Waals surface area (Å²) in [7, 11) is -8.14. The maximum absolute atomic E-state index is 15.1. The first kappa shape index (κ1) is 67.2. The molecule has 0 unspecified atom stereocenters. The van der Waals surface area contributed by atoms with E-state index in [0.29, 0.717) is 42.3 Å². The number of hydrogen-bond acceptors (Lipinski definition) is 10. The number of rotatable bonds is 22. The molecule has 24 heteroatoms. The summed E-state index contributed by atoms with van der Waals surface area (Å²) >= 11 is 25.0. The second-order valence-electron chi connectivity index (χ2n) is 21.2. The molecule has 8 rings (SSSR count). The van der Waals surface area contributed by atoms with Gasteiger partial charge in [-0.1, -0.05) is 133 Å². The summed E-state index contributed by atoms with van der Waals surface area (Å²) in [5.74, 6) is -5.19. The minimum Gasteiger partial charge on any atom is -0.481 e. The lowest BCUT2D eigenvalue weighted by Gasteiger charge is -2.48. The van der Waals surface area contributed by atoms with E-state index in [1.54, 1.807) is 111 Å². The molecule has 6 aromatic carbocycles. The van der Waals surface area contributed by atoms with Crippen LogP contribution in [0.2, 0.25) is 20.1 Å². The number of halogens is 6. The van der Waals surface area contributed by atoms with E-state index >= 15 is 8.78 Å². The Labute approximate surface area is 520 Å². The maximum atomic E-state index is 15.1. The third-order valence-electron chi connectivity index (χ3n) is 14.9. The molecule has 2 heterocycles. The van der Waals surface area contributed by atoms with Crippen LogP contribution in [0, 0.1) is 11.6 Å². The van der Waals surface area contributed by atoms with E-state index < -0.39 is 127 Å². The minimum absolute atomic E-state index is 0.146. The van der Waals surface area contributed by atoms with Gasteiger partial charge < -0.3 is 29.5 Å². The third kappa shape index (κ3) is 15.5. The number of carboxylic acid groups (broad SMARTS) is 2. The van der Waals surface area contributed by atoms with E-state index in [-0.39, 0.29) is 37.3 Å². The number of sulfonamides is 2. The van der Waals surface area contributed by atoms with E-state index in [0.717, 1.165) is 8.61 Å². The van der Waals surface area contributed by atoms with Crippen LogP contribution < -0.4 is 8.61 Å². The summed E-state index contributed by atoms with van der Waals surface area (Å²) < 4.78 is 99.3. The largest absolute Gasteiger partial charge is 0.481 e. The second-order valence-corrected chi connectivity index (χ2v) is 27.7. The molecule has 2 aliphatic heterocycles. The van der Waals surface area contributed by atoms with Crippen molar-refractivity contribution >= 4 is 102 Å². The molecule has 0 bridgehead atoms. The lowest BCUT2D eigenvalue weighted by molar-refractivity contribution is -0.183. The van der Waals surface area contributed by atoms with Gasteiger partial charge in [-0.05, 0) is 136 Å². The molecule has 2 N–H and O–H groups in total. The zero-order valence-corrected chi connectivity index (χ0v) is 52.4. The van der Waals surface area contributed by atoms with E-state index in [1.165, 1.54) is 86.0 Å². The van der Waals surface area contributed by atoms with Gasteiger partial charge >= 0.3 is 11.9 Å². The van der Waals surface area contributed by atoms with Crippen LogP contribution in [-0.4, -0.2) is 108 Å². The van der Waals surface area contributed by atoms with Crippen LogP contribution in [-0.2, 0) is 48.7 Å². The first-order valence-corrected chi connectivity index (χ1v) is 32.1. The highest BCUT2D eigenvalue weighted by molar-refractivity contribution is 7.93. The van der Waals surface area contributed by atoms with Crippen molar-refractivity contribution in [2.24, 2.45) is 0 Å². The number of aliphatic carboxylic acids is 2. The van der Waals surface area contributed by atoms with Gasteiger partial charge in [-0.15, -0.1) is 0 Å². The Hall–Kier alpha value is -6.36. The average Bonchev–Trinajstić information content (AvgIpc) is 0.844. The number of anilines is 2. The fraction of sp³-hybridized carbons (Fsp3) is 0.355. The van der Waals surface area contributed by atoms with Crippen LogP contribution >= 0.6 is 46.4 Å². The lowest BCUT2D eigenvalue weighted by Crippen LogP contribution is -2.58. The van der Waals surface area contributed by atoms with Gasteiger partial charge in [-0.25, -0.2) is 25.6 Å². The molecule has 0 saturated carbocycles. The summed E-state index contributed by atoms with van der Waals surface area (Å²) in [5, 5.41) is 19.3. The SMILES string of the molecule is CC[C@@H](CN(c1ccccc1F)S(=O)(=O)C(C)C)N1C(=O)[C@@H](CC(=O)O)O[C@H](c2cccc(Cl)c2)[C@H]1c1ccc(Cl)cc1.CC[C@@H](CN(c1ccccc1F)S(=O)(=O)C(C)C)N1C(=O)[C@H](CC(=O)O)O[C@H](c2cccc(Cl)c2)[C@H]1c1ccc(Cl)cc1. The number of nitrogens with zero attached hydrogens (tertiary/aromatic N) is 4. The molecule has 6 aromatic rings. The zero-order valence-electron chi connectivity index (χ0n) is 47.7. The first-order chi connectivity index (χ1) is 40.7. The number of hydrogen-bond donors (Lipinski definition) is 2. The summed E-state index contributed by atoms with van der Waals surface area (Å²) in [5.41, 5.74) is 2.14. The molecular formula is C62H66Cl4F2N4O12S2. The van der Waals surface area contributed by atoms with Crippen molar-refractivity contribution in [2.75, 3.05) is 21.7 Å². The van der Waals surface area contributed by atoms with Crippen molar-refractivity contribution < 1.29 is 64.5 Å². The Morgan fingerprint density at radius 3 is 1.14 bits per heavy atom. The number of morpholine rings is 2. The van der Waals surface area contributed by atoms with Gasteiger partial charge in [0.1, 0.15) is 36.1 Å². The molecule has 2 amide bonds. The molecule has 2 saturated heterocycles. The number of carboxylic acids is 2. The molecule has 0 aliphatic carbocycles. The molecular weight excluding hydrogens is 1240 g/mol. The number of carbonyl (C=O) groups excluding carboxylic acids is 2. The lowest BCUT2D eigenvalue weighted by atomic mass is 9.89. The molecule has 8 atom stereocenters. The van der Waals surface area contributed by atoms with Crippen molar-refractivity contribution in [3.05, 3.63) is 200 Å². The molecule has 460 valence electrons. The monoisotopic (exact) mass is 1300 g/mol. The normalized spacial score (nSPS) is 19.8. The van der Waals surface area contributed by atoms with Crippen molar-refractivity contribution in [3.63, 3.8) is 0 Å². The number of para-hydroxylation sites is 2. The molecule has 2 fully saturated rings. The second kappa shape index (κ2) is 29.1. The van der Waals surface area contributed by atoms with Crippen LogP contribution in [0.4, 0.5) is 20.2 Å². The Morgan fingerprint density at radius 1 is 0.512 bits per heavy atom. The van der Waals surface area contributed by atoms with Crippen LogP contribution in [0.15, 0.2) is 146 Å². The standard InChI is InChI=1S/2C31H33Cl2FN2O6S/c2*1-4-24(18-35(43(40,41)19(2)3)26-11-6-5-10-25(26)34)36-29(20-12-14-22(32)15-13-20)30(21-8-7-9-23(33)16-21)42-27(31(36)39)17-28(37)38/h2*5-16,19,24,27,29-30H,4,17-18H2,1-3H3,(H,37,38)/t24-,27+,29+,30+;24-,27-,29+,30+/m00/s1. The number of benzene rings is 6. The Balaban J connectivity index is 0.000000246. The molecule has 0 aromatic heterocycles. The highest BCUT2D eigenvalue weighted by atomic mass is 35.5. The highest BCUT2D eigenvalue weighted by Gasteiger charge is 2.50. The smallest absolute Gasteiger partial charge is 0.306 e. The van der Waals surface area contributed by atoms with Crippen molar-refractivity contribution in [1.29, 1.82) is 0 Å². The number of ether oxygens (including phenoxy) is 2. The highest BCUT2D eigenvalue weighted by Crippen LogP contribution is 2.47. The molecule has 2 aliphatic rings. The topological polar surface area (TPSA) is 208 Å². The van der Waals surface area contributed by atoms with Gasteiger partial charge in [0, 0.05) is 20.1 Å². The van der Waals surface area contributed by atoms with Crippen molar-refractivity contribution in [3.8, 4) is 0 Å². The summed E-state index contributed by atoms with van der Waals surface area (Å²) in [4.78, 5) is 55.0. The molecule has 0 radical (unpaired) electrons. The Morgan fingerprint density at radius 2 is 0.849 bits per heavy atom. The zero-order chi connectivity index (χ0) is 62.9. The van der Waals surface area contributed by atoms with Gasteiger partial charge in [0.25, 0.3) is 11.8 Å². The molecule has 0 spiro atoms. The van der Waals surface area contributed by atoms with Crippen molar-refractivity contribution in [2.45, 2.75) is 126 Å². The van der Waals surface area contributed by atoms with Crippen LogP contribution in [0.25, 0.3) is 0 Å². The van der Waals surface area contributed by atoms with Crippen LogP contribution in [0.3, 0.4) is 0 Å². The van der Waals surface area contributed by atoms with Gasteiger partial charge in [0.15, 0.2) is 0 Å². The predicted molar refractivity (Wildman–Crippen MR) is 328 cm³/mol. The third-order valence-corrected chi connectivity index (χ3v) is 20.2. The van der Waals surface area contributed by atoms with Gasteiger partial charge in [0.05, 0.1) is 72.0 Å². The Bertz CT molecular complexity index is 3380. The van der Waals surface area contributed by atoms with Crippen LogP contribution in [0.5, 0.6) is 0 Å². The number of amides is 2. The van der Waals surface area contributed by atoms with Gasteiger partial charge in [0.2, 0.25) is 20.0 Å². The van der Waals surface area contributed by atoms with E-state index in [4.69, 9.17) is 55.9 Å². The van der Waals surface area contributed by atoms with E-state index in [9.17, 15) is 46.2 Å². The fourth-order valence-corrected chi connectivity index (χ4v) is 13.8. The first-order valence-electron chi connectivity index (χ1n) is 27.6. The average molecular weight is 1300 g/mol. The fourth-order valence-electron chi connectivity index (χ4n) is 10.5. The summed E-state index contributed by atoms with van der Waals surface area (Å²) in [6.07, 6.45) is -5.20. The number of carbonyl (C=O) groups is 4.